The molecule has 3 aliphatic rings. The minimum atomic E-state index is 0.547. The van der Waals surface area contributed by atoms with Crippen molar-refractivity contribution in [2.75, 3.05) is 43.9 Å². The Kier molecular flexibility index (Phi) is 3.80. The molecular formula is C18H26N4. The molecule has 1 saturated heterocycles. The highest BCUT2D eigenvalue weighted by molar-refractivity contribution is 5.66. The van der Waals surface area contributed by atoms with Crippen LogP contribution < -0.4 is 16.0 Å². The number of hydrogen-bond acceptors (Lipinski definition) is 4. The van der Waals surface area contributed by atoms with Crippen molar-refractivity contribution < 1.29 is 0 Å². The summed E-state index contributed by atoms with van der Waals surface area (Å²) in [6.45, 7) is 4.55. The van der Waals surface area contributed by atoms with E-state index in [2.05, 4.69) is 39.0 Å². The van der Waals surface area contributed by atoms with Crippen molar-refractivity contribution in [3.05, 3.63) is 35.0 Å². The van der Waals surface area contributed by atoms with Gasteiger partial charge in [0.2, 0.25) is 0 Å². The molecule has 1 unspecified atom stereocenters. The highest BCUT2D eigenvalue weighted by Crippen LogP contribution is 2.38. The Bertz CT molecular complexity index is 581. The van der Waals surface area contributed by atoms with Gasteiger partial charge in [0.05, 0.1) is 6.04 Å². The van der Waals surface area contributed by atoms with Crippen LogP contribution in [-0.2, 0) is 6.42 Å². The first-order valence-corrected chi connectivity index (χ1v) is 8.59. The van der Waals surface area contributed by atoms with Crippen LogP contribution in [0.4, 0.5) is 11.4 Å². The normalized spacial score (nSPS) is 25.2. The summed E-state index contributed by atoms with van der Waals surface area (Å²) in [5, 5.41) is 10.5. The van der Waals surface area contributed by atoms with Crippen LogP contribution in [0.5, 0.6) is 0 Å². The molecule has 0 bridgehead atoms. The van der Waals surface area contributed by atoms with Gasteiger partial charge in [0.15, 0.2) is 0 Å². The summed E-state index contributed by atoms with van der Waals surface area (Å²) in [7, 11) is 1.99. The first-order chi connectivity index (χ1) is 10.8. The fourth-order valence-electron chi connectivity index (χ4n) is 3.82. The number of nitrogens with one attached hydrogen (secondary N) is 3. The van der Waals surface area contributed by atoms with Crippen LogP contribution in [0.15, 0.2) is 29.5 Å². The van der Waals surface area contributed by atoms with Crippen LogP contribution in [0.25, 0.3) is 0 Å². The standard InChI is InChI=1S/C18H26N4/c1-19-15-6-5-14-11-17(22-9-7-20-8-10-22)18(13-3-2-4-13)21-16(14)12-15/h5-6,12,17,19-21H,2-4,7-11H2,1H3. The lowest BCUT2D eigenvalue weighted by Crippen LogP contribution is -2.52. The Hall–Kier alpha value is -1.52. The number of hydrogen-bond donors (Lipinski definition) is 3. The second-order valence-electron chi connectivity index (χ2n) is 6.62. The second kappa shape index (κ2) is 5.94. The average Bonchev–Trinajstić information content (AvgIpc) is 2.53. The summed E-state index contributed by atoms with van der Waals surface area (Å²) in [5.41, 5.74) is 7.10. The maximum absolute atomic E-state index is 3.80. The van der Waals surface area contributed by atoms with E-state index in [4.69, 9.17) is 0 Å². The minimum Gasteiger partial charge on any atom is -0.388 e. The van der Waals surface area contributed by atoms with Gasteiger partial charge < -0.3 is 16.0 Å². The summed E-state index contributed by atoms with van der Waals surface area (Å²) in [4.78, 5) is 2.67. The van der Waals surface area contributed by atoms with Gasteiger partial charge in [0.25, 0.3) is 0 Å². The number of anilines is 2. The Morgan fingerprint density at radius 1 is 1.18 bits per heavy atom. The molecule has 4 rings (SSSR count). The van der Waals surface area contributed by atoms with Gasteiger partial charge in [-0.15, -0.1) is 0 Å². The third-order valence-corrected chi connectivity index (χ3v) is 5.34. The quantitative estimate of drug-likeness (QED) is 0.784. The molecule has 118 valence electrons. The zero-order valence-corrected chi connectivity index (χ0v) is 13.4. The van der Waals surface area contributed by atoms with Gasteiger partial charge in [-0.2, -0.15) is 0 Å². The molecule has 0 spiro atoms. The molecular weight excluding hydrogens is 272 g/mol. The lowest BCUT2D eigenvalue weighted by atomic mass is 9.84. The van der Waals surface area contributed by atoms with E-state index >= 15 is 0 Å². The maximum Gasteiger partial charge on any atom is 0.0540 e. The molecule has 0 amide bonds. The van der Waals surface area contributed by atoms with Crippen LogP contribution in [0.1, 0.15) is 24.8 Å². The smallest absolute Gasteiger partial charge is 0.0540 e. The van der Waals surface area contributed by atoms with Gasteiger partial charge in [-0.05, 0) is 49.0 Å². The SMILES string of the molecule is CNc1ccc2c(c1)NC(=C1CCC1)C(N1CCNCC1)C2. The maximum atomic E-state index is 3.80. The van der Waals surface area contributed by atoms with Gasteiger partial charge in [0, 0.05) is 50.3 Å². The summed E-state index contributed by atoms with van der Waals surface area (Å²) in [5.74, 6) is 0. The minimum absolute atomic E-state index is 0.547. The molecule has 2 heterocycles. The van der Waals surface area contributed by atoms with Gasteiger partial charge >= 0.3 is 0 Å². The molecule has 3 N–H and O–H groups in total. The molecule has 1 atom stereocenters. The Balaban J connectivity index is 1.67. The molecule has 0 radical (unpaired) electrons. The number of rotatable bonds is 2. The van der Waals surface area contributed by atoms with E-state index in [-0.39, 0.29) is 0 Å². The van der Waals surface area contributed by atoms with Crippen molar-refractivity contribution in [1.82, 2.24) is 10.2 Å². The van der Waals surface area contributed by atoms with Crippen molar-refractivity contribution in [1.29, 1.82) is 0 Å². The van der Waals surface area contributed by atoms with E-state index in [0.717, 1.165) is 32.6 Å². The van der Waals surface area contributed by atoms with Crippen molar-refractivity contribution in [3.8, 4) is 0 Å². The van der Waals surface area contributed by atoms with Gasteiger partial charge in [-0.1, -0.05) is 6.07 Å². The molecule has 0 aromatic heterocycles. The molecule has 1 aromatic rings. The van der Waals surface area contributed by atoms with Gasteiger partial charge in [-0.25, -0.2) is 0 Å². The van der Waals surface area contributed by atoms with E-state index in [1.807, 2.05) is 7.05 Å². The first-order valence-electron chi connectivity index (χ1n) is 8.59. The Morgan fingerprint density at radius 3 is 2.68 bits per heavy atom. The Labute approximate surface area is 133 Å². The van der Waals surface area contributed by atoms with Crippen molar-refractivity contribution in [2.45, 2.75) is 31.7 Å². The van der Waals surface area contributed by atoms with Crippen molar-refractivity contribution >= 4 is 11.4 Å². The second-order valence-corrected chi connectivity index (χ2v) is 6.62. The average molecular weight is 298 g/mol. The third-order valence-electron chi connectivity index (χ3n) is 5.34. The fourth-order valence-corrected chi connectivity index (χ4v) is 3.82. The molecule has 2 aliphatic heterocycles. The van der Waals surface area contributed by atoms with Gasteiger partial charge in [-0.3, -0.25) is 4.90 Å². The lowest BCUT2D eigenvalue weighted by Gasteiger charge is -2.42. The number of nitrogens with zero attached hydrogens (tertiary/aromatic N) is 1. The third kappa shape index (κ3) is 2.50. The topological polar surface area (TPSA) is 39.3 Å². The highest BCUT2D eigenvalue weighted by atomic mass is 15.2. The Morgan fingerprint density at radius 2 is 2.00 bits per heavy atom. The van der Waals surface area contributed by atoms with Crippen LogP contribution >= 0.6 is 0 Å². The molecule has 1 saturated carbocycles. The molecule has 1 aliphatic carbocycles. The predicted molar refractivity (Wildman–Crippen MR) is 92.4 cm³/mol. The number of piperazine rings is 1. The lowest BCUT2D eigenvalue weighted by molar-refractivity contribution is 0.190. The van der Waals surface area contributed by atoms with E-state index in [1.54, 1.807) is 5.57 Å². The summed E-state index contributed by atoms with van der Waals surface area (Å²) in [6, 6.07) is 7.27. The molecule has 1 aromatic carbocycles. The molecule has 4 heteroatoms. The molecule has 22 heavy (non-hydrogen) atoms. The fraction of sp³-hybridized carbons (Fsp3) is 0.556. The predicted octanol–water partition coefficient (Wildman–Crippen LogP) is 2.41. The van der Waals surface area contributed by atoms with Gasteiger partial charge in [0.1, 0.15) is 0 Å². The summed E-state index contributed by atoms with van der Waals surface area (Å²) < 4.78 is 0. The molecule has 4 nitrogen and oxygen atoms in total. The number of benzene rings is 1. The highest BCUT2D eigenvalue weighted by Gasteiger charge is 2.32. The van der Waals surface area contributed by atoms with Crippen LogP contribution in [0.3, 0.4) is 0 Å². The largest absolute Gasteiger partial charge is 0.388 e. The summed E-state index contributed by atoms with van der Waals surface area (Å²) >= 11 is 0. The number of fused-ring (bicyclic) bond motifs is 1. The monoisotopic (exact) mass is 298 g/mol. The van der Waals surface area contributed by atoms with Crippen LogP contribution in [-0.4, -0.2) is 44.2 Å². The zero-order chi connectivity index (χ0) is 14.9. The van der Waals surface area contributed by atoms with E-state index in [1.165, 1.54) is 41.9 Å². The van der Waals surface area contributed by atoms with Crippen LogP contribution in [0.2, 0.25) is 0 Å². The van der Waals surface area contributed by atoms with E-state index in [9.17, 15) is 0 Å². The summed E-state index contributed by atoms with van der Waals surface area (Å²) in [6.07, 6.45) is 5.07. The van der Waals surface area contributed by atoms with Crippen molar-refractivity contribution in [3.63, 3.8) is 0 Å². The number of allylic oxidation sites excluding steroid dienone is 1. The molecule has 2 fully saturated rings. The van der Waals surface area contributed by atoms with Crippen molar-refractivity contribution in [2.24, 2.45) is 0 Å². The van der Waals surface area contributed by atoms with E-state index in [0.29, 0.717) is 6.04 Å². The van der Waals surface area contributed by atoms with E-state index < -0.39 is 0 Å². The first kappa shape index (κ1) is 14.1. The zero-order valence-electron chi connectivity index (χ0n) is 13.4. The van der Waals surface area contributed by atoms with Crippen LogP contribution in [0, 0.1) is 0 Å².